The van der Waals surface area contributed by atoms with E-state index in [-0.39, 0.29) is 18.9 Å². The number of carbonyl (C=O) groups is 1. The minimum Gasteiger partial charge on any atom is -0.454 e. The van der Waals surface area contributed by atoms with Crippen molar-refractivity contribution in [1.29, 1.82) is 0 Å². The van der Waals surface area contributed by atoms with Crippen molar-refractivity contribution >= 4 is 6.03 Å². The molecule has 1 aromatic carbocycles. The minimum absolute atomic E-state index is 0.140. The van der Waals surface area contributed by atoms with Crippen molar-refractivity contribution in [1.82, 2.24) is 10.6 Å². The first-order valence-electron chi connectivity index (χ1n) is 6.62. The molecule has 2 amide bonds. The van der Waals surface area contributed by atoms with Crippen LogP contribution in [0, 0.1) is 0 Å². The second-order valence-corrected chi connectivity index (χ2v) is 4.70. The van der Waals surface area contributed by atoms with E-state index < -0.39 is 0 Å². The number of amides is 2. The fourth-order valence-corrected chi connectivity index (χ4v) is 2.01. The van der Waals surface area contributed by atoms with E-state index in [4.69, 9.17) is 9.47 Å². The van der Waals surface area contributed by atoms with Crippen LogP contribution in [0.5, 0.6) is 11.5 Å². The highest BCUT2D eigenvalue weighted by molar-refractivity contribution is 5.74. The Morgan fingerprint density at radius 2 is 2.16 bits per heavy atom. The summed E-state index contributed by atoms with van der Waals surface area (Å²) >= 11 is 0. The number of hydrogen-bond acceptors (Lipinski definition) is 3. The molecule has 1 aliphatic rings. The maximum atomic E-state index is 11.7. The van der Waals surface area contributed by atoms with Gasteiger partial charge in [0.25, 0.3) is 0 Å². The summed E-state index contributed by atoms with van der Waals surface area (Å²) in [6.45, 7) is 4.84. The second-order valence-electron chi connectivity index (χ2n) is 4.70. The van der Waals surface area contributed by atoms with Gasteiger partial charge >= 0.3 is 6.03 Å². The lowest BCUT2D eigenvalue weighted by Crippen LogP contribution is -2.40. The molecule has 0 saturated heterocycles. The summed E-state index contributed by atoms with van der Waals surface area (Å²) < 4.78 is 10.5. The van der Waals surface area contributed by atoms with Gasteiger partial charge in [-0.1, -0.05) is 19.4 Å². The highest BCUT2D eigenvalue weighted by Gasteiger charge is 2.13. The standard InChI is InChI=1S/C14H20N2O3/c1-3-4-10(2)16-14(17)15-8-11-5-6-12-13(7-11)19-9-18-12/h5-7,10H,3-4,8-9H2,1-2H3,(H2,15,16,17)/t10-/m1/s1. The fraction of sp³-hybridized carbons (Fsp3) is 0.500. The summed E-state index contributed by atoms with van der Waals surface area (Å²) in [5.74, 6) is 1.49. The quantitative estimate of drug-likeness (QED) is 0.858. The molecule has 0 aromatic heterocycles. The zero-order valence-electron chi connectivity index (χ0n) is 11.4. The first-order valence-corrected chi connectivity index (χ1v) is 6.62. The highest BCUT2D eigenvalue weighted by Crippen LogP contribution is 2.32. The molecule has 2 N–H and O–H groups in total. The molecule has 1 heterocycles. The molecule has 0 spiro atoms. The third-order valence-corrected chi connectivity index (χ3v) is 2.99. The number of ether oxygens (including phenoxy) is 2. The molecular weight excluding hydrogens is 244 g/mol. The van der Waals surface area contributed by atoms with Gasteiger partial charge in [-0.05, 0) is 31.0 Å². The number of hydrogen-bond donors (Lipinski definition) is 2. The molecule has 0 fully saturated rings. The molecule has 0 aliphatic carbocycles. The van der Waals surface area contributed by atoms with E-state index in [2.05, 4.69) is 17.6 Å². The molecular formula is C14H20N2O3. The monoisotopic (exact) mass is 264 g/mol. The van der Waals surface area contributed by atoms with Crippen molar-refractivity contribution in [2.45, 2.75) is 39.3 Å². The molecule has 19 heavy (non-hydrogen) atoms. The smallest absolute Gasteiger partial charge is 0.315 e. The number of benzene rings is 1. The van der Waals surface area contributed by atoms with Gasteiger partial charge in [0, 0.05) is 12.6 Å². The lowest BCUT2D eigenvalue weighted by molar-refractivity contribution is 0.174. The van der Waals surface area contributed by atoms with Crippen molar-refractivity contribution in [2.24, 2.45) is 0 Å². The van der Waals surface area contributed by atoms with Crippen LogP contribution < -0.4 is 20.1 Å². The molecule has 2 rings (SSSR count). The SMILES string of the molecule is CCC[C@@H](C)NC(=O)NCc1ccc2c(c1)OCO2. The second kappa shape index (κ2) is 6.31. The van der Waals surface area contributed by atoms with Gasteiger partial charge in [-0.25, -0.2) is 4.79 Å². The maximum Gasteiger partial charge on any atom is 0.315 e. The zero-order valence-corrected chi connectivity index (χ0v) is 11.4. The largest absolute Gasteiger partial charge is 0.454 e. The summed E-state index contributed by atoms with van der Waals surface area (Å²) in [4.78, 5) is 11.7. The Morgan fingerprint density at radius 1 is 1.37 bits per heavy atom. The van der Waals surface area contributed by atoms with Crippen molar-refractivity contribution in [3.63, 3.8) is 0 Å². The van der Waals surface area contributed by atoms with E-state index in [1.807, 2.05) is 25.1 Å². The Bertz CT molecular complexity index is 448. The van der Waals surface area contributed by atoms with Gasteiger partial charge in [-0.2, -0.15) is 0 Å². The van der Waals surface area contributed by atoms with Crippen molar-refractivity contribution in [3.05, 3.63) is 23.8 Å². The van der Waals surface area contributed by atoms with E-state index >= 15 is 0 Å². The molecule has 1 atom stereocenters. The third kappa shape index (κ3) is 3.77. The molecule has 1 aromatic rings. The normalized spacial score (nSPS) is 14.0. The van der Waals surface area contributed by atoms with Gasteiger partial charge in [0.05, 0.1) is 0 Å². The fourth-order valence-electron chi connectivity index (χ4n) is 2.01. The Kier molecular flexibility index (Phi) is 4.49. The Labute approximate surface area is 113 Å². The number of fused-ring (bicyclic) bond motifs is 1. The molecule has 5 nitrogen and oxygen atoms in total. The molecule has 0 radical (unpaired) electrons. The van der Waals surface area contributed by atoms with E-state index in [0.717, 1.165) is 29.9 Å². The van der Waals surface area contributed by atoms with E-state index in [1.165, 1.54) is 0 Å². The van der Waals surface area contributed by atoms with Crippen LogP contribution in [0.2, 0.25) is 0 Å². The number of nitrogens with one attached hydrogen (secondary N) is 2. The predicted octanol–water partition coefficient (Wildman–Crippen LogP) is 2.40. The van der Waals surface area contributed by atoms with Crippen LogP contribution in [-0.4, -0.2) is 18.9 Å². The first kappa shape index (κ1) is 13.5. The molecule has 0 bridgehead atoms. The Morgan fingerprint density at radius 3 is 2.95 bits per heavy atom. The van der Waals surface area contributed by atoms with E-state index in [1.54, 1.807) is 0 Å². The summed E-state index contributed by atoms with van der Waals surface area (Å²) in [6, 6.07) is 5.72. The van der Waals surface area contributed by atoms with Gasteiger partial charge < -0.3 is 20.1 Å². The molecule has 1 aliphatic heterocycles. The number of rotatable bonds is 5. The summed E-state index contributed by atoms with van der Waals surface area (Å²) in [5.41, 5.74) is 0.988. The van der Waals surface area contributed by atoms with Gasteiger partial charge in [-0.3, -0.25) is 0 Å². The predicted molar refractivity (Wildman–Crippen MR) is 72.3 cm³/mol. The van der Waals surface area contributed by atoms with Crippen LogP contribution in [0.25, 0.3) is 0 Å². The van der Waals surface area contributed by atoms with Crippen LogP contribution in [0.15, 0.2) is 18.2 Å². The molecule has 0 unspecified atom stereocenters. The van der Waals surface area contributed by atoms with Crippen LogP contribution in [0.3, 0.4) is 0 Å². The van der Waals surface area contributed by atoms with Crippen LogP contribution in [0.4, 0.5) is 4.79 Å². The molecule has 0 saturated carbocycles. The van der Waals surface area contributed by atoms with Crippen molar-refractivity contribution in [2.75, 3.05) is 6.79 Å². The highest BCUT2D eigenvalue weighted by atomic mass is 16.7. The molecule has 104 valence electrons. The third-order valence-electron chi connectivity index (χ3n) is 2.99. The van der Waals surface area contributed by atoms with Gasteiger partial charge in [0.2, 0.25) is 6.79 Å². The number of carbonyl (C=O) groups excluding carboxylic acids is 1. The van der Waals surface area contributed by atoms with Gasteiger partial charge in [-0.15, -0.1) is 0 Å². The van der Waals surface area contributed by atoms with Crippen molar-refractivity contribution in [3.8, 4) is 11.5 Å². The average molecular weight is 264 g/mol. The van der Waals surface area contributed by atoms with Crippen LogP contribution >= 0.6 is 0 Å². The lowest BCUT2D eigenvalue weighted by Gasteiger charge is -2.13. The zero-order chi connectivity index (χ0) is 13.7. The molecule has 5 heteroatoms. The van der Waals surface area contributed by atoms with Crippen molar-refractivity contribution < 1.29 is 14.3 Å². The van der Waals surface area contributed by atoms with Crippen LogP contribution in [0.1, 0.15) is 32.3 Å². The summed E-state index contributed by atoms with van der Waals surface area (Å²) in [6.07, 6.45) is 2.04. The Hall–Kier alpha value is -1.91. The summed E-state index contributed by atoms with van der Waals surface area (Å²) in [7, 11) is 0. The maximum absolute atomic E-state index is 11.7. The Balaban J connectivity index is 1.80. The van der Waals surface area contributed by atoms with E-state index in [9.17, 15) is 4.79 Å². The average Bonchev–Trinajstić information content (AvgIpc) is 2.83. The van der Waals surface area contributed by atoms with Crippen LogP contribution in [-0.2, 0) is 6.54 Å². The first-order chi connectivity index (χ1) is 9.19. The van der Waals surface area contributed by atoms with E-state index in [0.29, 0.717) is 6.54 Å². The van der Waals surface area contributed by atoms with Gasteiger partial charge in [0.15, 0.2) is 11.5 Å². The number of urea groups is 1. The van der Waals surface area contributed by atoms with Gasteiger partial charge in [0.1, 0.15) is 0 Å². The topological polar surface area (TPSA) is 59.6 Å². The lowest BCUT2D eigenvalue weighted by atomic mass is 10.2. The summed E-state index contributed by atoms with van der Waals surface area (Å²) in [5, 5.41) is 5.73. The minimum atomic E-state index is -0.140.